The maximum Gasteiger partial charge on any atom is 0.342 e. The van der Waals surface area contributed by atoms with Crippen LogP contribution in [0.1, 0.15) is 36.2 Å². The smallest absolute Gasteiger partial charge is 0.342 e. The van der Waals surface area contributed by atoms with E-state index in [2.05, 4.69) is 0 Å². The summed E-state index contributed by atoms with van der Waals surface area (Å²) < 4.78 is 33.9. The van der Waals surface area contributed by atoms with Crippen molar-refractivity contribution in [1.29, 1.82) is 0 Å². The molecule has 2 rings (SSSR count). The summed E-state index contributed by atoms with van der Waals surface area (Å²) in [5.41, 5.74) is 1.12. The van der Waals surface area contributed by atoms with E-state index in [1.54, 1.807) is 12.1 Å². The van der Waals surface area contributed by atoms with Crippen LogP contribution >= 0.6 is 0 Å². The lowest BCUT2D eigenvalue weighted by atomic mass is 10.1. The van der Waals surface area contributed by atoms with Crippen molar-refractivity contribution in [2.45, 2.75) is 33.2 Å². The molecule has 1 unspecified atom stereocenters. The van der Waals surface area contributed by atoms with Gasteiger partial charge in [0.2, 0.25) is 0 Å². The van der Waals surface area contributed by atoms with Gasteiger partial charge in [-0.3, -0.25) is 4.79 Å². The maximum absolute atomic E-state index is 12.7. The summed E-state index contributed by atoms with van der Waals surface area (Å²) in [5, 5.41) is 0. The van der Waals surface area contributed by atoms with Crippen LogP contribution in [0.2, 0.25) is 0 Å². The molecule has 0 bridgehead atoms. The van der Waals surface area contributed by atoms with Gasteiger partial charge in [-0.25, -0.2) is 13.2 Å². The molecule has 0 N–H and O–H groups in total. The number of sulfone groups is 1. The van der Waals surface area contributed by atoms with Crippen LogP contribution in [0.5, 0.6) is 5.75 Å². The summed E-state index contributed by atoms with van der Waals surface area (Å²) in [6.07, 6.45) is 0.417. The fourth-order valence-electron chi connectivity index (χ4n) is 3.14. The van der Waals surface area contributed by atoms with Crippen LogP contribution in [-0.2, 0) is 19.4 Å². The standard InChI is InChI=1S/C19H27NO6S/c1-13(2)10-20(15-7-8-27(23,24)12-15)18(21)11-26-19(22)16-9-14(3)5-6-17(16)25-4/h5-6,9,13,15H,7-8,10-12H2,1-4H3. The van der Waals surface area contributed by atoms with Gasteiger partial charge in [0, 0.05) is 12.6 Å². The first-order chi connectivity index (χ1) is 12.6. The summed E-state index contributed by atoms with van der Waals surface area (Å²) >= 11 is 0. The average molecular weight is 397 g/mol. The molecule has 1 aliphatic rings. The van der Waals surface area contributed by atoms with E-state index >= 15 is 0 Å². The molecule has 0 radical (unpaired) electrons. The van der Waals surface area contributed by atoms with Crippen molar-refractivity contribution in [1.82, 2.24) is 4.90 Å². The Morgan fingerprint density at radius 3 is 2.56 bits per heavy atom. The van der Waals surface area contributed by atoms with E-state index in [1.807, 2.05) is 26.8 Å². The van der Waals surface area contributed by atoms with E-state index in [0.29, 0.717) is 18.7 Å². The Morgan fingerprint density at radius 2 is 2.00 bits per heavy atom. The highest BCUT2D eigenvalue weighted by molar-refractivity contribution is 7.91. The summed E-state index contributed by atoms with van der Waals surface area (Å²) in [7, 11) is -1.66. The molecule has 1 saturated heterocycles. The van der Waals surface area contributed by atoms with Gasteiger partial charge in [-0.05, 0) is 31.4 Å². The van der Waals surface area contributed by atoms with Crippen LogP contribution in [-0.4, -0.2) is 63.0 Å². The predicted molar refractivity (Wildman–Crippen MR) is 102 cm³/mol. The van der Waals surface area contributed by atoms with Gasteiger partial charge in [-0.15, -0.1) is 0 Å². The fraction of sp³-hybridized carbons (Fsp3) is 0.579. The molecule has 7 nitrogen and oxygen atoms in total. The Labute approximate surface area is 160 Å². The van der Waals surface area contributed by atoms with Crippen LogP contribution < -0.4 is 4.74 Å². The van der Waals surface area contributed by atoms with Gasteiger partial charge in [0.25, 0.3) is 5.91 Å². The van der Waals surface area contributed by atoms with Crippen molar-refractivity contribution in [3.63, 3.8) is 0 Å². The Hall–Kier alpha value is -2.09. The molecule has 1 heterocycles. The number of rotatable bonds is 7. The van der Waals surface area contributed by atoms with Gasteiger partial charge >= 0.3 is 5.97 Å². The van der Waals surface area contributed by atoms with E-state index in [9.17, 15) is 18.0 Å². The van der Waals surface area contributed by atoms with Crippen molar-refractivity contribution in [3.8, 4) is 5.75 Å². The number of aryl methyl sites for hydroxylation is 1. The third-order valence-electron chi connectivity index (χ3n) is 4.43. The second kappa shape index (κ2) is 8.73. The molecule has 1 aromatic rings. The molecular formula is C19H27NO6S. The number of nitrogens with zero attached hydrogens (tertiary/aromatic N) is 1. The zero-order chi connectivity index (χ0) is 20.2. The Bertz CT molecular complexity index is 802. The Kier molecular flexibility index (Phi) is 6.86. The average Bonchev–Trinajstić information content (AvgIpc) is 2.96. The molecule has 1 atom stereocenters. The number of carbonyl (C=O) groups is 2. The topological polar surface area (TPSA) is 90.0 Å². The molecule has 0 aliphatic carbocycles. The molecule has 1 aliphatic heterocycles. The van der Waals surface area contributed by atoms with Crippen molar-refractivity contribution >= 4 is 21.7 Å². The molecular weight excluding hydrogens is 370 g/mol. The van der Waals surface area contributed by atoms with Crippen molar-refractivity contribution < 1.29 is 27.5 Å². The highest BCUT2D eigenvalue weighted by Gasteiger charge is 2.35. The van der Waals surface area contributed by atoms with Crippen molar-refractivity contribution in [3.05, 3.63) is 29.3 Å². The highest BCUT2D eigenvalue weighted by Crippen LogP contribution is 2.22. The highest BCUT2D eigenvalue weighted by atomic mass is 32.2. The lowest BCUT2D eigenvalue weighted by molar-refractivity contribution is -0.137. The van der Waals surface area contributed by atoms with Crippen LogP contribution in [0.25, 0.3) is 0 Å². The van der Waals surface area contributed by atoms with Gasteiger partial charge in [-0.1, -0.05) is 25.5 Å². The Balaban J connectivity index is 2.07. The minimum atomic E-state index is -3.12. The number of hydrogen-bond donors (Lipinski definition) is 0. The predicted octanol–water partition coefficient (Wildman–Crippen LogP) is 1.83. The van der Waals surface area contributed by atoms with Crippen molar-refractivity contribution in [2.75, 3.05) is 31.8 Å². The fourth-order valence-corrected chi connectivity index (χ4v) is 4.87. The molecule has 8 heteroatoms. The first-order valence-electron chi connectivity index (χ1n) is 8.94. The molecule has 150 valence electrons. The number of ether oxygens (including phenoxy) is 2. The normalized spacial score (nSPS) is 18.3. The second-order valence-corrected chi connectivity index (χ2v) is 9.51. The van der Waals surface area contributed by atoms with Gasteiger partial charge in [-0.2, -0.15) is 0 Å². The summed E-state index contributed by atoms with van der Waals surface area (Å²) in [4.78, 5) is 26.6. The van der Waals surface area contributed by atoms with Gasteiger partial charge in [0.05, 0.1) is 18.6 Å². The van der Waals surface area contributed by atoms with E-state index < -0.39 is 22.4 Å². The summed E-state index contributed by atoms with van der Waals surface area (Å²) in [5.74, 6) is -0.438. The summed E-state index contributed by atoms with van der Waals surface area (Å²) in [6.45, 7) is 5.73. The van der Waals surface area contributed by atoms with Gasteiger partial charge in [0.15, 0.2) is 16.4 Å². The quantitative estimate of drug-likeness (QED) is 0.652. The molecule has 0 saturated carbocycles. The first-order valence-corrected chi connectivity index (χ1v) is 10.8. The second-order valence-electron chi connectivity index (χ2n) is 7.28. The van der Waals surface area contributed by atoms with Crippen LogP contribution in [0.15, 0.2) is 18.2 Å². The van der Waals surface area contributed by atoms with Crippen molar-refractivity contribution in [2.24, 2.45) is 5.92 Å². The van der Waals surface area contributed by atoms with Crippen LogP contribution in [0, 0.1) is 12.8 Å². The molecule has 0 aromatic heterocycles. The molecule has 1 amide bonds. The number of esters is 1. The number of amides is 1. The number of methoxy groups -OCH3 is 1. The molecule has 1 fully saturated rings. The third kappa shape index (κ3) is 5.69. The van der Waals surface area contributed by atoms with Gasteiger partial charge < -0.3 is 14.4 Å². The Morgan fingerprint density at radius 1 is 1.30 bits per heavy atom. The molecule has 27 heavy (non-hydrogen) atoms. The minimum absolute atomic E-state index is 0.0366. The SMILES string of the molecule is COc1ccc(C)cc1C(=O)OCC(=O)N(CC(C)C)C1CCS(=O)(=O)C1. The van der Waals surface area contributed by atoms with Crippen LogP contribution in [0.3, 0.4) is 0 Å². The summed E-state index contributed by atoms with van der Waals surface area (Å²) in [6, 6.07) is 4.76. The van der Waals surface area contributed by atoms with E-state index in [0.717, 1.165) is 5.56 Å². The zero-order valence-electron chi connectivity index (χ0n) is 16.2. The lowest BCUT2D eigenvalue weighted by Gasteiger charge is -2.29. The largest absolute Gasteiger partial charge is 0.496 e. The third-order valence-corrected chi connectivity index (χ3v) is 6.18. The van der Waals surface area contributed by atoms with E-state index in [1.165, 1.54) is 12.0 Å². The number of carbonyl (C=O) groups excluding carboxylic acids is 2. The lowest BCUT2D eigenvalue weighted by Crippen LogP contribution is -2.45. The number of benzene rings is 1. The first kappa shape index (κ1) is 21.2. The van der Waals surface area contributed by atoms with E-state index in [-0.39, 0.29) is 34.9 Å². The minimum Gasteiger partial charge on any atom is -0.496 e. The zero-order valence-corrected chi connectivity index (χ0v) is 17.0. The molecule has 1 aromatic carbocycles. The maximum atomic E-state index is 12.7. The van der Waals surface area contributed by atoms with Gasteiger partial charge in [0.1, 0.15) is 11.3 Å². The molecule has 0 spiro atoms. The van der Waals surface area contributed by atoms with Crippen LogP contribution in [0.4, 0.5) is 0 Å². The number of hydrogen-bond acceptors (Lipinski definition) is 6. The van der Waals surface area contributed by atoms with E-state index in [4.69, 9.17) is 9.47 Å². The monoisotopic (exact) mass is 397 g/mol.